The van der Waals surface area contributed by atoms with Crippen molar-refractivity contribution < 1.29 is 4.39 Å². The van der Waals surface area contributed by atoms with Crippen molar-refractivity contribution in [2.24, 2.45) is 5.92 Å². The van der Waals surface area contributed by atoms with Gasteiger partial charge in [-0.1, -0.05) is 48.0 Å². The Balaban J connectivity index is 1.90. The van der Waals surface area contributed by atoms with E-state index in [1.54, 1.807) is 12.1 Å². The lowest BCUT2D eigenvalue weighted by atomic mass is 10.0. The molecule has 0 radical (unpaired) electrons. The molecule has 0 spiro atoms. The molecule has 2 aromatic rings. The minimum Gasteiger partial charge on any atom is -0.374 e. The van der Waals surface area contributed by atoms with E-state index in [0.717, 1.165) is 0 Å². The molecule has 1 atom stereocenters. The highest BCUT2D eigenvalue weighted by Gasteiger charge is 2.33. The molecule has 0 saturated heterocycles. The van der Waals surface area contributed by atoms with E-state index in [1.807, 2.05) is 18.2 Å². The average Bonchev–Trinajstić information content (AvgIpc) is 3.24. The first-order valence-corrected chi connectivity index (χ1v) is 6.89. The van der Waals surface area contributed by atoms with Crippen LogP contribution in [0.1, 0.15) is 24.4 Å². The lowest BCUT2D eigenvalue weighted by Gasteiger charge is -2.21. The minimum absolute atomic E-state index is 0.135. The van der Waals surface area contributed by atoms with Crippen LogP contribution in [0.25, 0.3) is 0 Å². The van der Waals surface area contributed by atoms with E-state index in [2.05, 4.69) is 17.4 Å². The van der Waals surface area contributed by atoms with Gasteiger partial charge in [-0.3, -0.25) is 0 Å². The maximum absolute atomic E-state index is 13.9. The predicted molar refractivity (Wildman–Crippen MR) is 76.9 cm³/mol. The monoisotopic (exact) mass is 275 g/mol. The summed E-state index contributed by atoms with van der Waals surface area (Å²) in [4.78, 5) is 0. The molecule has 3 rings (SSSR count). The van der Waals surface area contributed by atoms with Crippen LogP contribution >= 0.6 is 11.6 Å². The van der Waals surface area contributed by atoms with E-state index in [0.29, 0.717) is 16.6 Å². The number of halogens is 2. The first kappa shape index (κ1) is 12.5. The second-order valence-electron chi connectivity index (χ2n) is 4.97. The summed E-state index contributed by atoms with van der Waals surface area (Å²) >= 11 is 6.08. The molecule has 1 N–H and O–H groups in total. The summed E-state index contributed by atoms with van der Waals surface area (Å²) in [7, 11) is 0. The van der Waals surface area contributed by atoms with Crippen molar-refractivity contribution in [2.45, 2.75) is 18.9 Å². The Hall–Kier alpha value is -1.54. The second-order valence-corrected chi connectivity index (χ2v) is 5.37. The molecule has 19 heavy (non-hydrogen) atoms. The maximum atomic E-state index is 13.9. The summed E-state index contributed by atoms with van der Waals surface area (Å²) in [5, 5.41) is 3.72. The Morgan fingerprint density at radius 2 is 1.79 bits per heavy atom. The molecule has 0 heterocycles. The zero-order valence-corrected chi connectivity index (χ0v) is 11.2. The van der Waals surface area contributed by atoms with Crippen LogP contribution in [0.2, 0.25) is 5.02 Å². The molecule has 2 aromatic carbocycles. The number of hydrogen-bond acceptors (Lipinski definition) is 1. The van der Waals surface area contributed by atoms with Crippen LogP contribution in [0, 0.1) is 11.7 Å². The van der Waals surface area contributed by atoms with Gasteiger partial charge in [0.1, 0.15) is 5.82 Å². The molecule has 98 valence electrons. The Morgan fingerprint density at radius 3 is 2.42 bits per heavy atom. The zero-order valence-electron chi connectivity index (χ0n) is 10.4. The molecule has 0 amide bonds. The van der Waals surface area contributed by atoms with Crippen LogP contribution in [-0.2, 0) is 0 Å². The van der Waals surface area contributed by atoms with Crippen molar-refractivity contribution in [1.82, 2.24) is 0 Å². The zero-order chi connectivity index (χ0) is 13.2. The van der Waals surface area contributed by atoms with Gasteiger partial charge in [0.15, 0.2) is 0 Å². The highest BCUT2D eigenvalue weighted by atomic mass is 35.5. The molecule has 0 aliphatic heterocycles. The Bertz CT molecular complexity index is 546. The van der Waals surface area contributed by atoms with Gasteiger partial charge >= 0.3 is 0 Å². The van der Waals surface area contributed by atoms with Gasteiger partial charge in [-0.15, -0.1) is 0 Å². The highest BCUT2D eigenvalue weighted by molar-refractivity contribution is 6.33. The maximum Gasteiger partial charge on any atom is 0.147 e. The fourth-order valence-electron chi connectivity index (χ4n) is 2.35. The third-order valence-electron chi connectivity index (χ3n) is 3.51. The fourth-order valence-corrected chi connectivity index (χ4v) is 2.57. The average molecular weight is 276 g/mol. The van der Waals surface area contributed by atoms with Gasteiger partial charge in [0, 0.05) is 0 Å². The third-order valence-corrected chi connectivity index (χ3v) is 3.83. The number of rotatable bonds is 4. The van der Waals surface area contributed by atoms with Gasteiger partial charge in [0.05, 0.1) is 16.8 Å². The molecular formula is C16H15ClFN. The minimum atomic E-state index is -0.297. The number of nitrogens with one attached hydrogen (secondary N) is 1. The SMILES string of the molecule is Fc1cccc(Cl)c1NC(c1ccccc1)C1CC1. The molecule has 1 aliphatic carbocycles. The van der Waals surface area contributed by atoms with E-state index >= 15 is 0 Å². The number of benzene rings is 2. The van der Waals surface area contributed by atoms with E-state index in [9.17, 15) is 4.39 Å². The molecule has 3 heteroatoms. The standard InChI is InChI=1S/C16H15ClFN/c17-13-7-4-8-14(18)16(13)19-15(12-9-10-12)11-5-2-1-3-6-11/h1-8,12,15,19H,9-10H2. The van der Waals surface area contributed by atoms with Crippen LogP contribution in [-0.4, -0.2) is 0 Å². The Morgan fingerprint density at radius 1 is 1.05 bits per heavy atom. The summed E-state index contributed by atoms with van der Waals surface area (Å²) in [6, 6.07) is 15.1. The molecule has 0 aromatic heterocycles. The Kier molecular flexibility index (Phi) is 3.43. The van der Waals surface area contributed by atoms with E-state index < -0.39 is 0 Å². The van der Waals surface area contributed by atoms with Crippen LogP contribution < -0.4 is 5.32 Å². The van der Waals surface area contributed by atoms with Crippen LogP contribution in [0.15, 0.2) is 48.5 Å². The normalized spacial score (nSPS) is 16.1. The molecule has 0 bridgehead atoms. The van der Waals surface area contributed by atoms with Crippen molar-refractivity contribution in [2.75, 3.05) is 5.32 Å². The fraction of sp³-hybridized carbons (Fsp3) is 0.250. The smallest absolute Gasteiger partial charge is 0.147 e. The van der Waals surface area contributed by atoms with Gasteiger partial charge in [-0.25, -0.2) is 4.39 Å². The van der Waals surface area contributed by atoms with Crippen LogP contribution in [0.4, 0.5) is 10.1 Å². The Labute approximate surface area is 117 Å². The van der Waals surface area contributed by atoms with Crippen molar-refractivity contribution in [3.05, 3.63) is 64.9 Å². The molecule has 1 nitrogen and oxygen atoms in total. The number of para-hydroxylation sites is 1. The van der Waals surface area contributed by atoms with Crippen LogP contribution in [0.3, 0.4) is 0 Å². The topological polar surface area (TPSA) is 12.0 Å². The first-order valence-electron chi connectivity index (χ1n) is 6.51. The summed E-state index contributed by atoms with van der Waals surface area (Å²) in [6.07, 6.45) is 2.36. The third kappa shape index (κ3) is 2.74. The van der Waals surface area contributed by atoms with Gasteiger partial charge in [0.2, 0.25) is 0 Å². The number of anilines is 1. The lowest BCUT2D eigenvalue weighted by molar-refractivity contribution is 0.616. The van der Waals surface area contributed by atoms with Crippen molar-refractivity contribution in [3.8, 4) is 0 Å². The van der Waals surface area contributed by atoms with Crippen LogP contribution in [0.5, 0.6) is 0 Å². The molecular weight excluding hydrogens is 261 g/mol. The lowest BCUT2D eigenvalue weighted by Crippen LogP contribution is -2.14. The predicted octanol–water partition coefficient (Wildman–Crippen LogP) is 5.04. The van der Waals surface area contributed by atoms with E-state index in [-0.39, 0.29) is 11.9 Å². The number of hydrogen-bond donors (Lipinski definition) is 1. The quantitative estimate of drug-likeness (QED) is 0.824. The highest BCUT2D eigenvalue weighted by Crippen LogP contribution is 2.43. The van der Waals surface area contributed by atoms with E-state index in [4.69, 9.17) is 11.6 Å². The van der Waals surface area contributed by atoms with Crippen molar-refractivity contribution >= 4 is 17.3 Å². The largest absolute Gasteiger partial charge is 0.374 e. The summed E-state index contributed by atoms with van der Waals surface area (Å²) < 4.78 is 13.9. The second kappa shape index (κ2) is 5.22. The van der Waals surface area contributed by atoms with Crippen molar-refractivity contribution in [1.29, 1.82) is 0 Å². The molecule has 1 saturated carbocycles. The molecule has 1 fully saturated rings. The molecule has 1 unspecified atom stereocenters. The van der Waals surface area contributed by atoms with Gasteiger partial charge in [0.25, 0.3) is 0 Å². The summed E-state index contributed by atoms with van der Waals surface area (Å²) in [5.41, 5.74) is 1.59. The first-order chi connectivity index (χ1) is 9.25. The van der Waals surface area contributed by atoms with E-state index in [1.165, 1.54) is 24.5 Å². The van der Waals surface area contributed by atoms with Gasteiger partial charge in [-0.05, 0) is 36.5 Å². The van der Waals surface area contributed by atoms with Gasteiger partial charge < -0.3 is 5.32 Å². The van der Waals surface area contributed by atoms with Crippen molar-refractivity contribution in [3.63, 3.8) is 0 Å². The summed E-state index contributed by atoms with van der Waals surface area (Å²) in [5.74, 6) is 0.271. The summed E-state index contributed by atoms with van der Waals surface area (Å²) in [6.45, 7) is 0. The van der Waals surface area contributed by atoms with Gasteiger partial charge in [-0.2, -0.15) is 0 Å². The molecule has 1 aliphatic rings.